The van der Waals surface area contributed by atoms with Gasteiger partial charge in [-0.05, 0) is 80.8 Å². The molecule has 0 bridgehead atoms. The van der Waals surface area contributed by atoms with Crippen molar-refractivity contribution >= 4 is 8.32 Å². The number of rotatable bonds is 7. The monoisotopic (exact) mass is 363 g/mol. The normalized spacial score (nSPS) is 34.4. The predicted molar refractivity (Wildman–Crippen MR) is 109 cm³/mol. The van der Waals surface area contributed by atoms with Gasteiger partial charge in [0, 0.05) is 6.10 Å². The Morgan fingerprint density at radius 3 is 2.28 bits per heavy atom. The Bertz CT molecular complexity index is 484. The van der Waals surface area contributed by atoms with Gasteiger partial charge in [0.25, 0.3) is 0 Å². The van der Waals surface area contributed by atoms with Crippen molar-refractivity contribution < 1.29 is 4.43 Å². The van der Waals surface area contributed by atoms with Gasteiger partial charge in [0.05, 0.1) is 11.5 Å². The molecule has 0 aromatic rings. The minimum atomic E-state index is -1.54. The van der Waals surface area contributed by atoms with E-state index in [4.69, 9.17) is 4.43 Å². The van der Waals surface area contributed by atoms with Gasteiger partial charge in [0.15, 0.2) is 8.32 Å². The van der Waals surface area contributed by atoms with Crippen molar-refractivity contribution in [3.8, 4) is 6.07 Å². The highest BCUT2D eigenvalue weighted by Crippen LogP contribution is 2.60. The fourth-order valence-corrected chi connectivity index (χ4v) is 8.97. The van der Waals surface area contributed by atoms with Crippen LogP contribution in [0, 0.1) is 39.9 Å². The summed E-state index contributed by atoms with van der Waals surface area (Å²) >= 11 is 0. The second kappa shape index (κ2) is 7.73. The second-order valence-corrected chi connectivity index (χ2v) is 14.4. The van der Waals surface area contributed by atoms with Gasteiger partial charge in [0.1, 0.15) is 0 Å². The van der Waals surface area contributed by atoms with E-state index in [-0.39, 0.29) is 5.41 Å². The molecule has 2 nitrogen and oxygen atoms in total. The molecule has 3 heteroatoms. The van der Waals surface area contributed by atoms with Crippen LogP contribution < -0.4 is 0 Å². The SMILES string of the molecule is CC[Si](CC)(CC)O[C@H]1CCC[C@@]2(C)C1CCC2[C@H](C)C(C)(C)C#N. The summed E-state index contributed by atoms with van der Waals surface area (Å²) in [5.74, 6) is 1.83. The highest BCUT2D eigenvalue weighted by Gasteiger charge is 2.55. The molecule has 0 heterocycles. The van der Waals surface area contributed by atoms with Crippen LogP contribution in [0.3, 0.4) is 0 Å². The molecule has 0 amide bonds. The molecule has 5 atom stereocenters. The first-order valence-corrected chi connectivity index (χ1v) is 13.3. The number of hydrogen-bond donors (Lipinski definition) is 0. The molecule has 0 aromatic heterocycles. The Morgan fingerprint density at radius 1 is 1.16 bits per heavy atom. The molecule has 2 rings (SSSR count). The fourth-order valence-electron chi connectivity index (χ4n) is 6.05. The summed E-state index contributed by atoms with van der Waals surface area (Å²) in [5, 5.41) is 9.64. The van der Waals surface area contributed by atoms with Crippen molar-refractivity contribution in [3.63, 3.8) is 0 Å². The minimum Gasteiger partial charge on any atom is -0.414 e. The lowest BCUT2D eigenvalue weighted by Gasteiger charge is -2.50. The second-order valence-electron chi connectivity index (χ2n) is 9.71. The molecule has 2 saturated carbocycles. The largest absolute Gasteiger partial charge is 0.414 e. The quantitative estimate of drug-likeness (QED) is 0.467. The van der Waals surface area contributed by atoms with Gasteiger partial charge in [-0.25, -0.2) is 0 Å². The van der Waals surface area contributed by atoms with E-state index in [1.807, 2.05) is 0 Å². The number of nitriles is 1. The maximum atomic E-state index is 9.64. The first-order valence-electron chi connectivity index (χ1n) is 10.8. The van der Waals surface area contributed by atoms with Gasteiger partial charge in [-0.2, -0.15) is 5.26 Å². The molecule has 25 heavy (non-hydrogen) atoms. The zero-order chi connectivity index (χ0) is 18.9. The Balaban J connectivity index is 2.22. The van der Waals surface area contributed by atoms with Gasteiger partial charge in [-0.3, -0.25) is 0 Å². The third kappa shape index (κ3) is 3.72. The fraction of sp³-hybridized carbons (Fsp3) is 0.955. The number of hydrogen-bond acceptors (Lipinski definition) is 2. The van der Waals surface area contributed by atoms with Crippen LogP contribution in [0.5, 0.6) is 0 Å². The lowest BCUT2D eigenvalue weighted by molar-refractivity contribution is -0.0290. The van der Waals surface area contributed by atoms with Crippen LogP contribution in [-0.4, -0.2) is 14.4 Å². The van der Waals surface area contributed by atoms with E-state index < -0.39 is 8.32 Å². The third-order valence-electron chi connectivity index (χ3n) is 8.50. The molecule has 2 unspecified atom stereocenters. The standard InChI is InChI=1S/C22H41NOSi/c1-8-25(9-2,10-3)24-20-12-11-15-22(7)18(13-14-19(20)22)17(4)21(5,6)16-23/h17-20H,8-15H2,1-7H3/t17-,18?,19?,20-,22+/m0/s1. The van der Waals surface area contributed by atoms with Crippen LogP contribution in [0.25, 0.3) is 0 Å². The summed E-state index contributed by atoms with van der Waals surface area (Å²) in [7, 11) is -1.54. The molecule has 0 N–H and O–H groups in total. The highest BCUT2D eigenvalue weighted by molar-refractivity contribution is 6.73. The van der Waals surface area contributed by atoms with Crippen molar-refractivity contribution in [1.82, 2.24) is 0 Å². The van der Waals surface area contributed by atoms with Crippen LogP contribution in [-0.2, 0) is 4.43 Å². The van der Waals surface area contributed by atoms with E-state index in [0.717, 1.165) is 0 Å². The zero-order valence-electron chi connectivity index (χ0n) is 17.8. The number of nitrogens with zero attached hydrogens (tertiary/aromatic N) is 1. The van der Waals surface area contributed by atoms with E-state index in [1.54, 1.807) is 0 Å². The van der Waals surface area contributed by atoms with Crippen molar-refractivity contribution in [2.45, 2.75) is 105 Å². The first kappa shape index (κ1) is 21.0. The van der Waals surface area contributed by atoms with Crippen LogP contribution in [0.4, 0.5) is 0 Å². The van der Waals surface area contributed by atoms with E-state index >= 15 is 0 Å². The Hall–Kier alpha value is -0.333. The van der Waals surface area contributed by atoms with E-state index in [9.17, 15) is 5.26 Å². The van der Waals surface area contributed by atoms with Crippen molar-refractivity contribution in [3.05, 3.63) is 0 Å². The van der Waals surface area contributed by atoms with Crippen molar-refractivity contribution in [2.24, 2.45) is 28.6 Å². The zero-order valence-corrected chi connectivity index (χ0v) is 18.8. The van der Waals surface area contributed by atoms with Crippen molar-refractivity contribution in [2.75, 3.05) is 0 Å². The van der Waals surface area contributed by atoms with E-state index in [2.05, 4.69) is 54.5 Å². The molecule has 0 radical (unpaired) electrons. The number of fused-ring (bicyclic) bond motifs is 1. The predicted octanol–water partition coefficient (Wildman–Crippen LogP) is 6.78. The highest BCUT2D eigenvalue weighted by atomic mass is 28.4. The van der Waals surface area contributed by atoms with Crippen LogP contribution in [0.2, 0.25) is 18.1 Å². The Kier molecular flexibility index (Phi) is 6.48. The van der Waals surface area contributed by atoms with Crippen LogP contribution >= 0.6 is 0 Å². The molecule has 2 aliphatic carbocycles. The average molecular weight is 364 g/mol. The molecule has 2 fully saturated rings. The molecule has 0 spiro atoms. The molecule has 0 saturated heterocycles. The molecule has 0 aromatic carbocycles. The van der Waals surface area contributed by atoms with Gasteiger partial charge >= 0.3 is 0 Å². The molecule has 144 valence electrons. The lowest BCUT2D eigenvalue weighted by Crippen LogP contribution is -2.49. The summed E-state index contributed by atoms with van der Waals surface area (Å²) < 4.78 is 7.02. The summed E-state index contributed by atoms with van der Waals surface area (Å²) in [4.78, 5) is 0. The van der Waals surface area contributed by atoms with Crippen LogP contribution in [0.1, 0.15) is 80.6 Å². The van der Waals surface area contributed by atoms with Crippen LogP contribution in [0.15, 0.2) is 0 Å². The first-order chi connectivity index (χ1) is 11.7. The minimum absolute atomic E-state index is 0.231. The summed E-state index contributed by atoms with van der Waals surface area (Å²) in [6, 6.07) is 6.34. The smallest absolute Gasteiger partial charge is 0.192 e. The Labute approximate surface area is 157 Å². The maximum Gasteiger partial charge on any atom is 0.192 e. The van der Waals surface area contributed by atoms with Gasteiger partial charge in [0.2, 0.25) is 0 Å². The summed E-state index contributed by atoms with van der Waals surface area (Å²) in [6.45, 7) is 16.2. The van der Waals surface area contributed by atoms with E-state index in [0.29, 0.717) is 29.3 Å². The topological polar surface area (TPSA) is 33.0 Å². The van der Waals surface area contributed by atoms with E-state index in [1.165, 1.54) is 50.2 Å². The maximum absolute atomic E-state index is 9.64. The molecule has 2 aliphatic rings. The Morgan fingerprint density at radius 2 is 1.76 bits per heavy atom. The molecule has 0 aliphatic heterocycles. The molecular weight excluding hydrogens is 322 g/mol. The van der Waals surface area contributed by atoms with Gasteiger partial charge in [-0.1, -0.05) is 41.0 Å². The average Bonchev–Trinajstić information content (AvgIpc) is 2.96. The van der Waals surface area contributed by atoms with Gasteiger partial charge < -0.3 is 4.43 Å². The van der Waals surface area contributed by atoms with Crippen molar-refractivity contribution in [1.29, 1.82) is 5.26 Å². The lowest BCUT2D eigenvalue weighted by atomic mass is 9.58. The summed E-state index contributed by atoms with van der Waals surface area (Å²) in [5.41, 5.74) is 0.136. The van der Waals surface area contributed by atoms with Gasteiger partial charge in [-0.15, -0.1) is 0 Å². The summed E-state index contributed by atoms with van der Waals surface area (Å²) in [6.07, 6.45) is 6.96. The molecular formula is C22H41NOSi. The third-order valence-corrected chi connectivity index (χ3v) is 13.2.